The molecule has 0 bridgehead atoms. The summed E-state index contributed by atoms with van der Waals surface area (Å²) in [5.41, 5.74) is 2.61. The summed E-state index contributed by atoms with van der Waals surface area (Å²) in [5, 5.41) is 2.90. The van der Waals surface area contributed by atoms with E-state index in [0.29, 0.717) is 5.56 Å². The quantitative estimate of drug-likeness (QED) is 0.806. The van der Waals surface area contributed by atoms with Gasteiger partial charge in [-0.1, -0.05) is 29.8 Å². The number of rotatable bonds is 5. The molecule has 3 rings (SSSR count). The number of hydrogen-bond acceptors (Lipinski definition) is 4. The number of benzene rings is 2. The molecule has 1 aliphatic rings. The number of hydrogen-bond donors (Lipinski definition) is 1. The molecule has 0 aromatic heterocycles. The molecule has 1 saturated heterocycles. The van der Waals surface area contributed by atoms with E-state index in [1.165, 1.54) is 11.8 Å². The highest BCUT2D eigenvalue weighted by Gasteiger charge is 2.22. The van der Waals surface area contributed by atoms with Crippen LogP contribution in [0.5, 0.6) is 0 Å². The fourth-order valence-electron chi connectivity index (χ4n) is 2.93. The van der Waals surface area contributed by atoms with Crippen molar-refractivity contribution < 1.29 is 9.59 Å². The van der Waals surface area contributed by atoms with Gasteiger partial charge in [0.1, 0.15) is 0 Å². The van der Waals surface area contributed by atoms with Gasteiger partial charge in [0.2, 0.25) is 5.91 Å². The number of anilines is 1. The highest BCUT2D eigenvalue weighted by molar-refractivity contribution is 8.00. The minimum absolute atomic E-state index is 0.0464. The molecule has 6 heteroatoms. The van der Waals surface area contributed by atoms with Gasteiger partial charge >= 0.3 is 0 Å². The molecule has 2 aromatic carbocycles. The van der Waals surface area contributed by atoms with Crippen molar-refractivity contribution in [2.75, 3.05) is 44.3 Å². The lowest BCUT2D eigenvalue weighted by molar-refractivity contribution is -0.113. The summed E-state index contributed by atoms with van der Waals surface area (Å²) in [7, 11) is 2.07. The molecule has 1 N–H and O–H groups in total. The summed E-state index contributed by atoms with van der Waals surface area (Å²) in [6.45, 7) is 5.26. The van der Waals surface area contributed by atoms with Gasteiger partial charge in [0.15, 0.2) is 0 Å². The van der Waals surface area contributed by atoms with Crippen molar-refractivity contribution in [3.8, 4) is 0 Å². The first kappa shape index (κ1) is 19.5. The van der Waals surface area contributed by atoms with E-state index in [0.717, 1.165) is 42.3 Å². The average Bonchev–Trinajstić information content (AvgIpc) is 2.68. The van der Waals surface area contributed by atoms with Crippen LogP contribution in [0.15, 0.2) is 53.4 Å². The third-order valence-electron chi connectivity index (χ3n) is 4.60. The highest BCUT2D eigenvalue weighted by atomic mass is 32.2. The summed E-state index contributed by atoms with van der Waals surface area (Å²) in [5.74, 6) is 0.233. The smallest absolute Gasteiger partial charge is 0.255 e. The van der Waals surface area contributed by atoms with Crippen LogP contribution in [-0.2, 0) is 4.79 Å². The highest BCUT2D eigenvalue weighted by Crippen LogP contribution is 2.24. The van der Waals surface area contributed by atoms with E-state index in [-0.39, 0.29) is 17.6 Å². The molecule has 0 aliphatic carbocycles. The third-order valence-corrected chi connectivity index (χ3v) is 5.68. The molecule has 0 spiro atoms. The molecule has 1 heterocycles. The van der Waals surface area contributed by atoms with Crippen LogP contribution in [0.3, 0.4) is 0 Å². The maximum absolute atomic E-state index is 12.9. The summed E-state index contributed by atoms with van der Waals surface area (Å²) in [4.78, 5) is 30.1. The summed E-state index contributed by atoms with van der Waals surface area (Å²) in [6.07, 6.45) is 0. The summed E-state index contributed by atoms with van der Waals surface area (Å²) in [6, 6.07) is 15.2. The van der Waals surface area contributed by atoms with Gasteiger partial charge < -0.3 is 15.1 Å². The van der Waals surface area contributed by atoms with Gasteiger partial charge in [-0.15, -0.1) is 11.8 Å². The van der Waals surface area contributed by atoms with Crippen LogP contribution in [0.2, 0.25) is 0 Å². The maximum atomic E-state index is 12.9. The van der Waals surface area contributed by atoms with E-state index in [2.05, 4.69) is 17.3 Å². The molecular weight excluding hydrogens is 358 g/mol. The first-order valence-electron chi connectivity index (χ1n) is 9.09. The van der Waals surface area contributed by atoms with E-state index in [4.69, 9.17) is 0 Å². The number of aryl methyl sites for hydroxylation is 1. The SMILES string of the molecule is Cc1ccc(NC(=O)CSc2ccccc2C(=O)N2CCN(C)CC2)cc1. The van der Waals surface area contributed by atoms with Gasteiger partial charge in [0, 0.05) is 36.8 Å². The average molecular weight is 384 g/mol. The van der Waals surface area contributed by atoms with Gasteiger partial charge in [-0.25, -0.2) is 0 Å². The first-order valence-corrected chi connectivity index (χ1v) is 10.1. The Hall–Kier alpha value is -2.31. The van der Waals surface area contributed by atoms with Gasteiger partial charge in [-0.05, 0) is 38.2 Å². The van der Waals surface area contributed by atoms with Crippen molar-refractivity contribution in [2.45, 2.75) is 11.8 Å². The fraction of sp³-hybridized carbons (Fsp3) is 0.333. The van der Waals surface area contributed by atoms with Crippen LogP contribution in [0.1, 0.15) is 15.9 Å². The molecule has 1 fully saturated rings. The van der Waals surface area contributed by atoms with E-state index in [1.54, 1.807) is 0 Å². The molecule has 0 saturated carbocycles. The van der Waals surface area contributed by atoms with E-state index < -0.39 is 0 Å². The van der Waals surface area contributed by atoms with Crippen molar-refractivity contribution >= 4 is 29.3 Å². The number of amides is 2. The Labute approximate surface area is 164 Å². The molecule has 2 aromatic rings. The van der Waals surface area contributed by atoms with Crippen molar-refractivity contribution in [1.29, 1.82) is 0 Å². The standard InChI is InChI=1S/C21H25N3O2S/c1-16-7-9-17(10-8-16)22-20(25)15-27-19-6-4-3-5-18(19)21(26)24-13-11-23(2)12-14-24/h3-10H,11-15H2,1-2H3,(H,22,25). The lowest BCUT2D eigenvalue weighted by Gasteiger charge is -2.32. The Kier molecular flexibility index (Phi) is 6.53. The molecule has 5 nitrogen and oxygen atoms in total. The number of carbonyl (C=O) groups is 2. The van der Waals surface area contributed by atoms with E-state index in [1.807, 2.05) is 60.4 Å². The maximum Gasteiger partial charge on any atom is 0.255 e. The second kappa shape index (κ2) is 9.06. The number of nitrogens with one attached hydrogen (secondary N) is 1. The number of likely N-dealkylation sites (N-methyl/N-ethyl adjacent to an activating group) is 1. The zero-order valence-electron chi connectivity index (χ0n) is 15.8. The van der Waals surface area contributed by atoms with Crippen LogP contribution in [0, 0.1) is 6.92 Å². The first-order chi connectivity index (χ1) is 13.0. The molecule has 1 aliphatic heterocycles. The molecule has 142 valence electrons. The molecule has 0 radical (unpaired) electrons. The van der Waals surface area contributed by atoms with Crippen molar-refractivity contribution in [1.82, 2.24) is 9.80 Å². The summed E-state index contributed by atoms with van der Waals surface area (Å²) < 4.78 is 0. The number of nitrogens with zero attached hydrogens (tertiary/aromatic N) is 2. The van der Waals surface area contributed by atoms with Crippen LogP contribution in [0.4, 0.5) is 5.69 Å². The van der Waals surface area contributed by atoms with Crippen molar-refractivity contribution in [3.63, 3.8) is 0 Å². The zero-order chi connectivity index (χ0) is 19.2. The number of carbonyl (C=O) groups excluding carboxylic acids is 2. The topological polar surface area (TPSA) is 52.7 Å². The normalized spacial score (nSPS) is 14.8. The zero-order valence-corrected chi connectivity index (χ0v) is 16.6. The van der Waals surface area contributed by atoms with Crippen LogP contribution >= 0.6 is 11.8 Å². The third kappa shape index (κ3) is 5.34. The predicted molar refractivity (Wildman–Crippen MR) is 110 cm³/mol. The molecule has 2 amide bonds. The van der Waals surface area contributed by atoms with Gasteiger partial charge in [-0.2, -0.15) is 0 Å². The Bertz CT molecular complexity index is 799. The number of thioether (sulfide) groups is 1. The monoisotopic (exact) mass is 383 g/mol. The van der Waals surface area contributed by atoms with Crippen LogP contribution in [-0.4, -0.2) is 60.6 Å². The van der Waals surface area contributed by atoms with E-state index >= 15 is 0 Å². The van der Waals surface area contributed by atoms with Gasteiger partial charge in [0.25, 0.3) is 5.91 Å². The Morgan fingerprint density at radius 1 is 1.00 bits per heavy atom. The minimum atomic E-state index is -0.0781. The van der Waals surface area contributed by atoms with E-state index in [9.17, 15) is 9.59 Å². The second-order valence-corrected chi connectivity index (χ2v) is 7.81. The Balaban J connectivity index is 1.61. The Morgan fingerprint density at radius 3 is 2.37 bits per heavy atom. The largest absolute Gasteiger partial charge is 0.336 e. The Morgan fingerprint density at radius 2 is 1.67 bits per heavy atom. The molecule has 27 heavy (non-hydrogen) atoms. The minimum Gasteiger partial charge on any atom is -0.336 e. The molecule has 0 atom stereocenters. The number of piperazine rings is 1. The van der Waals surface area contributed by atoms with Crippen molar-refractivity contribution in [2.24, 2.45) is 0 Å². The lowest BCUT2D eigenvalue weighted by Crippen LogP contribution is -2.47. The second-order valence-electron chi connectivity index (χ2n) is 6.79. The van der Waals surface area contributed by atoms with Gasteiger partial charge in [0.05, 0.1) is 11.3 Å². The van der Waals surface area contributed by atoms with Crippen LogP contribution < -0.4 is 5.32 Å². The lowest BCUT2D eigenvalue weighted by atomic mass is 10.2. The summed E-state index contributed by atoms with van der Waals surface area (Å²) >= 11 is 1.40. The molecule has 0 unspecified atom stereocenters. The fourth-order valence-corrected chi connectivity index (χ4v) is 3.77. The predicted octanol–water partition coefficient (Wildman–Crippen LogP) is 3.11. The van der Waals surface area contributed by atoms with Gasteiger partial charge in [-0.3, -0.25) is 9.59 Å². The molecular formula is C21H25N3O2S. The van der Waals surface area contributed by atoms with Crippen molar-refractivity contribution in [3.05, 3.63) is 59.7 Å². The van der Waals surface area contributed by atoms with Crippen LogP contribution in [0.25, 0.3) is 0 Å².